The monoisotopic (exact) mass is 306 g/mol. The molecule has 0 radical (unpaired) electrons. The second-order valence-corrected chi connectivity index (χ2v) is 5.73. The SMILES string of the molecule is CCCCC/C=C\C/C=C\C/C=C\CCCCCCC(=O)O. The number of carbonyl (C=O) groups is 1. The van der Waals surface area contributed by atoms with Crippen molar-refractivity contribution < 1.29 is 9.90 Å². The molecule has 0 aromatic rings. The Morgan fingerprint density at radius 1 is 0.727 bits per heavy atom. The van der Waals surface area contributed by atoms with Crippen molar-refractivity contribution in [3.8, 4) is 0 Å². The second-order valence-electron chi connectivity index (χ2n) is 5.73. The summed E-state index contributed by atoms with van der Waals surface area (Å²) < 4.78 is 0. The van der Waals surface area contributed by atoms with E-state index in [9.17, 15) is 4.79 Å². The third-order valence-corrected chi connectivity index (χ3v) is 3.53. The molecule has 0 rings (SSSR count). The topological polar surface area (TPSA) is 37.3 Å². The van der Waals surface area contributed by atoms with Crippen LogP contribution in [0.15, 0.2) is 36.5 Å². The minimum atomic E-state index is -0.678. The van der Waals surface area contributed by atoms with Crippen LogP contribution in [0.5, 0.6) is 0 Å². The van der Waals surface area contributed by atoms with Crippen LogP contribution in [0.4, 0.5) is 0 Å². The van der Waals surface area contributed by atoms with Gasteiger partial charge < -0.3 is 5.11 Å². The van der Waals surface area contributed by atoms with E-state index < -0.39 is 5.97 Å². The fourth-order valence-electron chi connectivity index (χ4n) is 2.18. The zero-order chi connectivity index (χ0) is 16.3. The van der Waals surface area contributed by atoms with Gasteiger partial charge >= 0.3 is 5.97 Å². The van der Waals surface area contributed by atoms with E-state index in [1.807, 2.05) is 0 Å². The highest BCUT2D eigenvalue weighted by molar-refractivity contribution is 5.66. The fourth-order valence-corrected chi connectivity index (χ4v) is 2.18. The van der Waals surface area contributed by atoms with E-state index in [0.29, 0.717) is 6.42 Å². The lowest BCUT2D eigenvalue weighted by molar-refractivity contribution is -0.137. The first-order valence-corrected chi connectivity index (χ1v) is 8.94. The predicted molar refractivity (Wildman–Crippen MR) is 96.1 cm³/mol. The van der Waals surface area contributed by atoms with Gasteiger partial charge in [-0.05, 0) is 44.9 Å². The molecule has 0 aliphatic carbocycles. The Bertz CT molecular complexity index is 327. The van der Waals surface area contributed by atoms with Crippen LogP contribution >= 0.6 is 0 Å². The zero-order valence-electron chi connectivity index (χ0n) is 14.3. The summed E-state index contributed by atoms with van der Waals surface area (Å²) in [5.41, 5.74) is 0. The van der Waals surface area contributed by atoms with Gasteiger partial charge in [0, 0.05) is 6.42 Å². The van der Waals surface area contributed by atoms with E-state index in [1.165, 1.54) is 32.1 Å². The standard InChI is InChI=1S/C20H34O2/c1-2-3-4-5-6-7-8-9-10-11-12-13-14-15-16-17-18-19-20(21)22/h6-7,9-10,12-13H,2-5,8,11,14-19H2,1H3,(H,21,22)/b7-6-,10-9-,13-12-. The number of rotatable bonds is 15. The molecule has 126 valence electrons. The molecular weight excluding hydrogens is 272 g/mol. The third-order valence-electron chi connectivity index (χ3n) is 3.53. The summed E-state index contributed by atoms with van der Waals surface area (Å²) in [6.07, 6.45) is 26.3. The van der Waals surface area contributed by atoms with Crippen molar-refractivity contribution in [3.63, 3.8) is 0 Å². The van der Waals surface area contributed by atoms with Crippen LogP contribution in [0.2, 0.25) is 0 Å². The van der Waals surface area contributed by atoms with Crippen molar-refractivity contribution in [2.24, 2.45) is 0 Å². The molecule has 2 heteroatoms. The van der Waals surface area contributed by atoms with E-state index in [2.05, 4.69) is 43.4 Å². The molecule has 0 saturated heterocycles. The normalized spacial score (nSPS) is 12.0. The average molecular weight is 306 g/mol. The minimum Gasteiger partial charge on any atom is -0.481 e. The summed E-state index contributed by atoms with van der Waals surface area (Å²) in [7, 11) is 0. The lowest BCUT2D eigenvalue weighted by Gasteiger charge is -1.96. The fraction of sp³-hybridized carbons (Fsp3) is 0.650. The molecule has 0 aromatic heterocycles. The highest BCUT2D eigenvalue weighted by Crippen LogP contribution is 2.06. The smallest absolute Gasteiger partial charge is 0.303 e. The van der Waals surface area contributed by atoms with Gasteiger partial charge in [-0.3, -0.25) is 4.79 Å². The summed E-state index contributed by atoms with van der Waals surface area (Å²) in [6.45, 7) is 2.24. The molecule has 0 fully saturated rings. The lowest BCUT2D eigenvalue weighted by Crippen LogP contribution is -1.93. The molecule has 0 amide bonds. The Kier molecular flexibility index (Phi) is 16.7. The molecule has 2 nitrogen and oxygen atoms in total. The quantitative estimate of drug-likeness (QED) is 0.279. The van der Waals surface area contributed by atoms with Crippen LogP contribution in [0.3, 0.4) is 0 Å². The van der Waals surface area contributed by atoms with Crippen molar-refractivity contribution in [1.29, 1.82) is 0 Å². The van der Waals surface area contributed by atoms with Gasteiger partial charge in [0.15, 0.2) is 0 Å². The molecular formula is C20H34O2. The van der Waals surface area contributed by atoms with Crippen LogP contribution in [0.1, 0.15) is 84.0 Å². The zero-order valence-corrected chi connectivity index (χ0v) is 14.3. The Labute approximate surface area is 137 Å². The Morgan fingerprint density at radius 3 is 1.77 bits per heavy atom. The van der Waals surface area contributed by atoms with E-state index >= 15 is 0 Å². The number of aliphatic carboxylic acids is 1. The first kappa shape index (κ1) is 20.7. The van der Waals surface area contributed by atoms with E-state index in [1.54, 1.807) is 0 Å². The van der Waals surface area contributed by atoms with Gasteiger partial charge in [0.1, 0.15) is 0 Å². The molecule has 0 aliphatic heterocycles. The van der Waals surface area contributed by atoms with Crippen LogP contribution in [0, 0.1) is 0 Å². The van der Waals surface area contributed by atoms with Gasteiger partial charge in [0.25, 0.3) is 0 Å². The minimum absolute atomic E-state index is 0.313. The number of hydrogen-bond donors (Lipinski definition) is 1. The van der Waals surface area contributed by atoms with Gasteiger partial charge in [-0.15, -0.1) is 0 Å². The van der Waals surface area contributed by atoms with Crippen LogP contribution in [0.25, 0.3) is 0 Å². The maximum atomic E-state index is 10.3. The molecule has 0 atom stereocenters. The number of unbranched alkanes of at least 4 members (excludes halogenated alkanes) is 7. The summed E-state index contributed by atoms with van der Waals surface area (Å²) in [4.78, 5) is 10.3. The molecule has 0 heterocycles. The summed E-state index contributed by atoms with van der Waals surface area (Å²) in [5.74, 6) is -0.678. The van der Waals surface area contributed by atoms with Crippen LogP contribution < -0.4 is 0 Å². The molecule has 1 N–H and O–H groups in total. The van der Waals surface area contributed by atoms with E-state index in [0.717, 1.165) is 38.5 Å². The third kappa shape index (κ3) is 18.7. The Hall–Kier alpha value is -1.31. The van der Waals surface area contributed by atoms with Crippen molar-refractivity contribution in [1.82, 2.24) is 0 Å². The summed E-state index contributed by atoms with van der Waals surface area (Å²) in [5, 5.41) is 8.52. The van der Waals surface area contributed by atoms with Gasteiger partial charge in [-0.2, -0.15) is 0 Å². The van der Waals surface area contributed by atoms with Crippen molar-refractivity contribution >= 4 is 5.97 Å². The maximum Gasteiger partial charge on any atom is 0.303 e. The van der Waals surface area contributed by atoms with E-state index in [-0.39, 0.29) is 0 Å². The Morgan fingerprint density at radius 2 is 1.23 bits per heavy atom. The lowest BCUT2D eigenvalue weighted by atomic mass is 10.1. The molecule has 22 heavy (non-hydrogen) atoms. The van der Waals surface area contributed by atoms with Gasteiger partial charge in [0.05, 0.1) is 0 Å². The molecule has 0 saturated carbocycles. The molecule has 0 bridgehead atoms. The van der Waals surface area contributed by atoms with Crippen LogP contribution in [-0.2, 0) is 4.79 Å². The summed E-state index contributed by atoms with van der Waals surface area (Å²) in [6, 6.07) is 0. The van der Waals surface area contributed by atoms with Gasteiger partial charge in [0.2, 0.25) is 0 Å². The van der Waals surface area contributed by atoms with Crippen molar-refractivity contribution in [2.45, 2.75) is 84.0 Å². The van der Waals surface area contributed by atoms with E-state index in [4.69, 9.17) is 5.11 Å². The number of allylic oxidation sites excluding steroid dienone is 6. The van der Waals surface area contributed by atoms with Crippen molar-refractivity contribution in [3.05, 3.63) is 36.5 Å². The van der Waals surface area contributed by atoms with Gasteiger partial charge in [-0.25, -0.2) is 0 Å². The first-order valence-electron chi connectivity index (χ1n) is 8.94. The Balaban J connectivity index is 3.29. The number of carboxylic acid groups (broad SMARTS) is 1. The largest absolute Gasteiger partial charge is 0.481 e. The molecule has 0 spiro atoms. The van der Waals surface area contributed by atoms with Crippen molar-refractivity contribution in [2.75, 3.05) is 0 Å². The predicted octanol–water partition coefficient (Wildman–Crippen LogP) is 6.44. The first-order chi connectivity index (χ1) is 10.8. The highest BCUT2D eigenvalue weighted by Gasteiger charge is 1.95. The van der Waals surface area contributed by atoms with Crippen LogP contribution in [-0.4, -0.2) is 11.1 Å². The number of hydrogen-bond acceptors (Lipinski definition) is 1. The molecule has 0 unspecified atom stereocenters. The summed E-state index contributed by atoms with van der Waals surface area (Å²) >= 11 is 0. The molecule has 0 aromatic carbocycles. The number of carboxylic acids is 1. The highest BCUT2D eigenvalue weighted by atomic mass is 16.4. The second kappa shape index (κ2) is 17.7. The maximum absolute atomic E-state index is 10.3. The molecule has 0 aliphatic rings. The average Bonchev–Trinajstić information content (AvgIpc) is 2.50. The van der Waals surface area contributed by atoms with Gasteiger partial charge in [-0.1, -0.05) is 69.1 Å².